The number of nitrogens with zero attached hydrogens (tertiary/aromatic N) is 1. The summed E-state index contributed by atoms with van der Waals surface area (Å²) in [6.45, 7) is 4.02. The predicted octanol–water partition coefficient (Wildman–Crippen LogP) is 3.43. The normalized spacial score (nSPS) is 10.7. The molecule has 0 unspecified atom stereocenters. The molecule has 84 valence electrons. The van der Waals surface area contributed by atoms with Crippen molar-refractivity contribution in [1.29, 1.82) is 0 Å². The molecule has 2 aromatic rings. The first-order valence-electron chi connectivity index (χ1n) is 4.86. The van der Waals surface area contributed by atoms with Crippen molar-refractivity contribution in [1.82, 2.24) is 4.98 Å². The highest BCUT2D eigenvalue weighted by Gasteiger charge is 2.18. The summed E-state index contributed by atoms with van der Waals surface area (Å²) in [5.41, 5.74) is 0.844. The molecular formula is C11H10ClNO2S. The Labute approximate surface area is 102 Å². The Morgan fingerprint density at radius 2 is 2.38 bits per heavy atom. The van der Waals surface area contributed by atoms with Crippen molar-refractivity contribution in [3.8, 4) is 0 Å². The standard InChI is InChI=1S/C11H10ClNO2S/c1-3-15-11(14)9-6(2)8-7(16-9)4-5-13-10(8)12/h4-5H,3H2,1-2H3. The topological polar surface area (TPSA) is 39.2 Å². The monoisotopic (exact) mass is 255 g/mol. The van der Waals surface area contributed by atoms with Gasteiger partial charge in [0.25, 0.3) is 0 Å². The van der Waals surface area contributed by atoms with Gasteiger partial charge in [-0.2, -0.15) is 0 Å². The molecule has 0 aliphatic carbocycles. The number of aryl methyl sites for hydroxylation is 1. The molecule has 0 N–H and O–H groups in total. The number of carbonyl (C=O) groups excluding carboxylic acids is 1. The second kappa shape index (κ2) is 4.39. The molecule has 0 saturated heterocycles. The van der Waals surface area contributed by atoms with Gasteiger partial charge in [-0.25, -0.2) is 9.78 Å². The fourth-order valence-electron chi connectivity index (χ4n) is 1.54. The molecule has 0 aromatic carbocycles. The zero-order chi connectivity index (χ0) is 11.7. The molecule has 3 nitrogen and oxygen atoms in total. The molecule has 5 heteroatoms. The van der Waals surface area contributed by atoms with Gasteiger partial charge < -0.3 is 4.74 Å². The van der Waals surface area contributed by atoms with Crippen LogP contribution in [0.25, 0.3) is 10.1 Å². The fourth-order valence-corrected chi connectivity index (χ4v) is 2.99. The molecule has 0 radical (unpaired) electrons. The summed E-state index contributed by atoms with van der Waals surface area (Å²) in [6, 6.07) is 1.85. The lowest BCUT2D eigenvalue weighted by molar-refractivity contribution is 0.0531. The maximum absolute atomic E-state index is 11.7. The maximum Gasteiger partial charge on any atom is 0.348 e. The van der Waals surface area contributed by atoms with Gasteiger partial charge >= 0.3 is 5.97 Å². The van der Waals surface area contributed by atoms with Crippen LogP contribution in [0.1, 0.15) is 22.2 Å². The van der Waals surface area contributed by atoms with E-state index in [2.05, 4.69) is 4.98 Å². The van der Waals surface area contributed by atoms with E-state index in [1.807, 2.05) is 13.0 Å². The molecule has 0 amide bonds. The van der Waals surface area contributed by atoms with Crippen LogP contribution < -0.4 is 0 Å². The third-order valence-electron chi connectivity index (χ3n) is 2.25. The molecular weight excluding hydrogens is 246 g/mol. The minimum absolute atomic E-state index is 0.294. The number of halogens is 1. The number of carbonyl (C=O) groups is 1. The Hall–Kier alpha value is -1.13. The lowest BCUT2D eigenvalue weighted by Gasteiger charge is -1.99. The fraction of sp³-hybridized carbons (Fsp3) is 0.273. The van der Waals surface area contributed by atoms with Gasteiger partial charge in [-0.1, -0.05) is 11.6 Å². The minimum atomic E-state index is -0.294. The van der Waals surface area contributed by atoms with E-state index in [1.54, 1.807) is 13.1 Å². The zero-order valence-corrected chi connectivity index (χ0v) is 10.5. The molecule has 0 atom stereocenters. The van der Waals surface area contributed by atoms with Gasteiger partial charge in [-0.3, -0.25) is 0 Å². The van der Waals surface area contributed by atoms with Crippen LogP contribution in [0.3, 0.4) is 0 Å². The highest BCUT2D eigenvalue weighted by Crippen LogP contribution is 2.34. The molecule has 0 saturated carbocycles. The van der Waals surface area contributed by atoms with Gasteiger partial charge in [0.15, 0.2) is 0 Å². The van der Waals surface area contributed by atoms with Crippen LogP contribution in [0, 0.1) is 6.92 Å². The Bertz CT molecular complexity index is 550. The highest BCUT2D eigenvalue weighted by molar-refractivity contribution is 7.21. The van der Waals surface area contributed by atoms with Crippen LogP contribution in [0.15, 0.2) is 12.3 Å². The van der Waals surface area contributed by atoms with Crippen molar-refractivity contribution in [2.75, 3.05) is 6.61 Å². The van der Waals surface area contributed by atoms with Crippen LogP contribution in [-0.4, -0.2) is 17.6 Å². The van der Waals surface area contributed by atoms with E-state index in [4.69, 9.17) is 16.3 Å². The van der Waals surface area contributed by atoms with Crippen molar-refractivity contribution < 1.29 is 9.53 Å². The molecule has 16 heavy (non-hydrogen) atoms. The first-order valence-corrected chi connectivity index (χ1v) is 6.05. The molecule has 0 bridgehead atoms. The zero-order valence-electron chi connectivity index (χ0n) is 8.91. The van der Waals surface area contributed by atoms with Crippen LogP contribution in [0.2, 0.25) is 5.15 Å². The van der Waals surface area contributed by atoms with Crippen molar-refractivity contribution in [2.45, 2.75) is 13.8 Å². The van der Waals surface area contributed by atoms with E-state index in [9.17, 15) is 4.79 Å². The third-order valence-corrected chi connectivity index (χ3v) is 3.78. The second-order valence-electron chi connectivity index (χ2n) is 3.25. The summed E-state index contributed by atoms with van der Waals surface area (Å²) >= 11 is 7.39. The second-order valence-corrected chi connectivity index (χ2v) is 4.66. The molecule has 0 aliphatic rings. The highest BCUT2D eigenvalue weighted by atomic mass is 35.5. The summed E-state index contributed by atoms with van der Waals surface area (Å²) in [5, 5.41) is 1.28. The number of thiophene rings is 1. The number of fused-ring (bicyclic) bond motifs is 1. The number of hydrogen-bond donors (Lipinski definition) is 0. The maximum atomic E-state index is 11.7. The molecule has 2 heterocycles. The average Bonchev–Trinajstić information content (AvgIpc) is 2.58. The van der Waals surface area contributed by atoms with E-state index in [-0.39, 0.29) is 5.97 Å². The Balaban J connectivity index is 2.61. The molecule has 0 fully saturated rings. The summed E-state index contributed by atoms with van der Waals surface area (Å²) < 4.78 is 5.95. The summed E-state index contributed by atoms with van der Waals surface area (Å²) in [4.78, 5) is 16.3. The quantitative estimate of drug-likeness (QED) is 0.610. The van der Waals surface area contributed by atoms with Gasteiger partial charge in [0.2, 0.25) is 0 Å². The van der Waals surface area contributed by atoms with Gasteiger partial charge in [0, 0.05) is 16.3 Å². The predicted molar refractivity (Wildman–Crippen MR) is 65.3 cm³/mol. The van der Waals surface area contributed by atoms with Crippen molar-refractivity contribution >= 4 is 39.0 Å². The van der Waals surface area contributed by atoms with E-state index in [0.29, 0.717) is 16.6 Å². The number of rotatable bonds is 2. The van der Waals surface area contributed by atoms with E-state index < -0.39 is 0 Å². The third kappa shape index (κ3) is 1.79. The van der Waals surface area contributed by atoms with Crippen LogP contribution >= 0.6 is 22.9 Å². The van der Waals surface area contributed by atoms with E-state index >= 15 is 0 Å². The minimum Gasteiger partial charge on any atom is -0.462 e. The number of pyridine rings is 1. The number of ether oxygens (including phenoxy) is 1. The Morgan fingerprint density at radius 3 is 3.00 bits per heavy atom. The van der Waals surface area contributed by atoms with Crippen LogP contribution in [0.5, 0.6) is 0 Å². The van der Waals surface area contributed by atoms with Crippen LogP contribution in [-0.2, 0) is 4.74 Å². The van der Waals surface area contributed by atoms with Crippen molar-refractivity contribution in [2.24, 2.45) is 0 Å². The summed E-state index contributed by atoms with van der Waals surface area (Å²) in [5.74, 6) is -0.294. The lowest BCUT2D eigenvalue weighted by Crippen LogP contribution is -2.03. The lowest BCUT2D eigenvalue weighted by atomic mass is 10.2. The van der Waals surface area contributed by atoms with Gasteiger partial charge in [0.1, 0.15) is 10.0 Å². The van der Waals surface area contributed by atoms with Crippen molar-refractivity contribution in [3.05, 3.63) is 27.9 Å². The molecule has 0 aliphatic heterocycles. The summed E-state index contributed by atoms with van der Waals surface area (Å²) in [6.07, 6.45) is 1.63. The molecule has 0 spiro atoms. The summed E-state index contributed by atoms with van der Waals surface area (Å²) in [7, 11) is 0. The largest absolute Gasteiger partial charge is 0.462 e. The first-order chi connectivity index (χ1) is 7.65. The number of hydrogen-bond acceptors (Lipinski definition) is 4. The Morgan fingerprint density at radius 1 is 1.62 bits per heavy atom. The average molecular weight is 256 g/mol. The van der Waals surface area contributed by atoms with Gasteiger partial charge in [-0.05, 0) is 25.5 Å². The van der Waals surface area contributed by atoms with Gasteiger partial charge in [0.05, 0.1) is 6.61 Å². The van der Waals surface area contributed by atoms with Gasteiger partial charge in [-0.15, -0.1) is 11.3 Å². The molecule has 2 rings (SSSR count). The Kier molecular flexibility index (Phi) is 3.12. The number of aromatic nitrogens is 1. The molecule has 2 aromatic heterocycles. The van der Waals surface area contributed by atoms with E-state index in [0.717, 1.165) is 15.6 Å². The van der Waals surface area contributed by atoms with Crippen molar-refractivity contribution in [3.63, 3.8) is 0 Å². The van der Waals surface area contributed by atoms with E-state index in [1.165, 1.54) is 11.3 Å². The first kappa shape index (κ1) is 11.4. The number of esters is 1. The smallest absolute Gasteiger partial charge is 0.348 e. The SMILES string of the molecule is CCOC(=O)c1sc2ccnc(Cl)c2c1C. The van der Waals surface area contributed by atoms with Crippen LogP contribution in [0.4, 0.5) is 0 Å².